The SMILES string of the molecule is CC(C(=O)Nc1ccc(C#N)c(Cl)c1)N(C)CC(C)(C)O. The molecular formula is C15H20ClN3O2. The van der Waals surface area contributed by atoms with Gasteiger partial charge in [-0.05, 0) is 46.0 Å². The summed E-state index contributed by atoms with van der Waals surface area (Å²) in [4.78, 5) is 13.9. The van der Waals surface area contributed by atoms with Gasteiger partial charge in [-0.15, -0.1) is 0 Å². The molecule has 0 spiro atoms. The molecule has 5 nitrogen and oxygen atoms in total. The van der Waals surface area contributed by atoms with Crippen LogP contribution in [0.1, 0.15) is 26.3 Å². The molecule has 1 rings (SSSR count). The second kappa shape index (κ2) is 6.90. The Kier molecular flexibility index (Phi) is 5.73. The standard InChI is InChI=1S/C15H20ClN3O2/c1-10(19(4)9-15(2,3)21)14(20)18-12-6-5-11(8-17)13(16)7-12/h5-7,10,21H,9H2,1-4H3,(H,18,20). The molecule has 0 saturated heterocycles. The van der Waals surface area contributed by atoms with Gasteiger partial charge in [0, 0.05) is 12.2 Å². The van der Waals surface area contributed by atoms with Crippen LogP contribution in [0.25, 0.3) is 0 Å². The Hall–Kier alpha value is -1.61. The zero-order chi connectivity index (χ0) is 16.2. The summed E-state index contributed by atoms with van der Waals surface area (Å²) in [5, 5.41) is 21.6. The highest BCUT2D eigenvalue weighted by molar-refractivity contribution is 6.32. The third-order valence-corrected chi connectivity index (χ3v) is 3.35. The van der Waals surface area contributed by atoms with E-state index in [9.17, 15) is 9.90 Å². The summed E-state index contributed by atoms with van der Waals surface area (Å²) in [7, 11) is 1.77. The molecule has 0 radical (unpaired) electrons. The number of hydrogen-bond acceptors (Lipinski definition) is 4. The van der Waals surface area contributed by atoms with Gasteiger partial charge in [-0.25, -0.2) is 0 Å². The molecule has 1 unspecified atom stereocenters. The second-order valence-electron chi connectivity index (χ2n) is 5.70. The molecule has 0 aliphatic carbocycles. The summed E-state index contributed by atoms with van der Waals surface area (Å²) >= 11 is 5.92. The van der Waals surface area contributed by atoms with Gasteiger partial charge in [0.2, 0.25) is 5.91 Å². The summed E-state index contributed by atoms with van der Waals surface area (Å²) in [6, 6.07) is 6.28. The van der Waals surface area contributed by atoms with E-state index in [4.69, 9.17) is 16.9 Å². The highest BCUT2D eigenvalue weighted by Crippen LogP contribution is 2.20. The molecule has 0 heterocycles. The smallest absolute Gasteiger partial charge is 0.241 e. The molecule has 114 valence electrons. The van der Waals surface area contributed by atoms with Gasteiger partial charge in [0.25, 0.3) is 0 Å². The molecule has 1 aromatic carbocycles. The molecule has 0 aliphatic heterocycles. The number of nitrogens with zero attached hydrogens (tertiary/aromatic N) is 2. The third kappa shape index (κ3) is 5.35. The highest BCUT2D eigenvalue weighted by Gasteiger charge is 2.23. The lowest BCUT2D eigenvalue weighted by Crippen LogP contribution is -2.46. The van der Waals surface area contributed by atoms with Crippen molar-refractivity contribution >= 4 is 23.2 Å². The third-order valence-electron chi connectivity index (χ3n) is 3.03. The molecule has 0 aromatic heterocycles. The Morgan fingerprint density at radius 3 is 2.67 bits per heavy atom. The van der Waals surface area contributed by atoms with Crippen molar-refractivity contribution in [1.29, 1.82) is 5.26 Å². The minimum atomic E-state index is -0.874. The Labute approximate surface area is 130 Å². The van der Waals surface area contributed by atoms with E-state index in [-0.39, 0.29) is 5.91 Å². The average molecular weight is 310 g/mol. The predicted molar refractivity (Wildman–Crippen MR) is 83.2 cm³/mol. The zero-order valence-electron chi connectivity index (χ0n) is 12.6. The number of nitrogens with one attached hydrogen (secondary N) is 1. The van der Waals surface area contributed by atoms with E-state index in [0.717, 1.165) is 0 Å². The Morgan fingerprint density at radius 2 is 2.19 bits per heavy atom. The number of amides is 1. The van der Waals surface area contributed by atoms with Crippen LogP contribution in [0, 0.1) is 11.3 Å². The van der Waals surface area contributed by atoms with E-state index in [1.54, 1.807) is 50.9 Å². The minimum Gasteiger partial charge on any atom is -0.389 e. The number of nitriles is 1. The van der Waals surface area contributed by atoms with Gasteiger partial charge < -0.3 is 10.4 Å². The summed E-state index contributed by atoms with van der Waals surface area (Å²) in [6.07, 6.45) is 0. The van der Waals surface area contributed by atoms with Gasteiger partial charge >= 0.3 is 0 Å². The number of carbonyl (C=O) groups excluding carboxylic acids is 1. The second-order valence-corrected chi connectivity index (χ2v) is 6.11. The highest BCUT2D eigenvalue weighted by atomic mass is 35.5. The fourth-order valence-corrected chi connectivity index (χ4v) is 2.10. The molecule has 6 heteroatoms. The molecule has 2 N–H and O–H groups in total. The van der Waals surface area contributed by atoms with Gasteiger partial charge in [0.05, 0.1) is 22.2 Å². The van der Waals surface area contributed by atoms with Crippen LogP contribution >= 0.6 is 11.6 Å². The van der Waals surface area contributed by atoms with E-state index in [1.165, 1.54) is 0 Å². The normalized spacial score (nSPS) is 12.9. The Morgan fingerprint density at radius 1 is 1.57 bits per heavy atom. The van der Waals surface area contributed by atoms with Crippen LogP contribution < -0.4 is 5.32 Å². The maximum absolute atomic E-state index is 12.2. The lowest BCUT2D eigenvalue weighted by Gasteiger charge is -2.29. The molecule has 1 aromatic rings. The van der Waals surface area contributed by atoms with Crippen LogP contribution in [0.2, 0.25) is 5.02 Å². The molecule has 21 heavy (non-hydrogen) atoms. The van der Waals surface area contributed by atoms with Crippen molar-refractivity contribution in [1.82, 2.24) is 4.90 Å². The first-order chi connectivity index (χ1) is 9.64. The average Bonchev–Trinajstić information content (AvgIpc) is 2.36. The van der Waals surface area contributed by atoms with Crippen molar-refractivity contribution in [3.8, 4) is 6.07 Å². The van der Waals surface area contributed by atoms with Crippen molar-refractivity contribution in [3.63, 3.8) is 0 Å². The lowest BCUT2D eigenvalue weighted by atomic mass is 10.1. The first-order valence-electron chi connectivity index (χ1n) is 6.57. The summed E-state index contributed by atoms with van der Waals surface area (Å²) < 4.78 is 0. The van der Waals surface area contributed by atoms with Crippen molar-refractivity contribution < 1.29 is 9.90 Å². The van der Waals surface area contributed by atoms with E-state index in [2.05, 4.69) is 5.32 Å². The number of carbonyl (C=O) groups is 1. The van der Waals surface area contributed by atoms with Gasteiger partial charge in [0.15, 0.2) is 0 Å². The van der Waals surface area contributed by atoms with Gasteiger partial charge in [-0.2, -0.15) is 5.26 Å². The van der Waals surface area contributed by atoms with E-state index in [1.807, 2.05) is 6.07 Å². The number of anilines is 1. The number of rotatable bonds is 5. The number of halogens is 1. The fourth-order valence-electron chi connectivity index (χ4n) is 1.88. The van der Waals surface area contributed by atoms with Crippen molar-refractivity contribution in [2.75, 3.05) is 18.9 Å². The van der Waals surface area contributed by atoms with Crippen molar-refractivity contribution in [3.05, 3.63) is 28.8 Å². The predicted octanol–water partition coefficient (Wildman–Crippen LogP) is 2.24. The van der Waals surface area contributed by atoms with E-state index in [0.29, 0.717) is 22.8 Å². The maximum atomic E-state index is 12.2. The first-order valence-corrected chi connectivity index (χ1v) is 6.95. The maximum Gasteiger partial charge on any atom is 0.241 e. The number of benzene rings is 1. The fraction of sp³-hybridized carbons (Fsp3) is 0.467. The summed E-state index contributed by atoms with van der Waals surface area (Å²) in [6.45, 7) is 5.51. The molecule has 0 fully saturated rings. The minimum absolute atomic E-state index is 0.206. The topological polar surface area (TPSA) is 76.4 Å². The van der Waals surface area contributed by atoms with Crippen LogP contribution in [0.5, 0.6) is 0 Å². The molecule has 1 atom stereocenters. The van der Waals surface area contributed by atoms with Crippen LogP contribution in [-0.4, -0.2) is 41.1 Å². The van der Waals surface area contributed by atoms with Crippen LogP contribution in [-0.2, 0) is 4.79 Å². The van der Waals surface area contributed by atoms with Crippen LogP contribution in [0.4, 0.5) is 5.69 Å². The van der Waals surface area contributed by atoms with Crippen LogP contribution in [0.3, 0.4) is 0 Å². The Balaban J connectivity index is 2.73. The summed E-state index contributed by atoms with van der Waals surface area (Å²) in [5.41, 5.74) is 0.0236. The number of likely N-dealkylation sites (N-methyl/N-ethyl adjacent to an activating group) is 1. The number of hydrogen-bond donors (Lipinski definition) is 2. The molecule has 0 aliphatic rings. The van der Waals surface area contributed by atoms with E-state index >= 15 is 0 Å². The van der Waals surface area contributed by atoms with Crippen molar-refractivity contribution in [2.24, 2.45) is 0 Å². The largest absolute Gasteiger partial charge is 0.389 e. The van der Waals surface area contributed by atoms with Gasteiger partial charge in [-0.1, -0.05) is 11.6 Å². The first kappa shape index (κ1) is 17.4. The van der Waals surface area contributed by atoms with Crippen molar-refractivity contribution in [2.45, 2.75) is 32.4 Å². The molecule has 1 amide bonds. The molecule has 0 saturated carbocycles. The van der Waals surface area contributed by atoms with Gasteiger partial charge in [-0.3, -0.25) is 9.69 Å². The Bertz CT molecular complexity index is 561. The lowest BCUT2D eigenvalue weighted by molar-refractivity contribution is -0.121. The molecule has 0 bridgehead atoms. The molecular weight excluding hydrogens is 290 g/mol. The van der Waals surface area contributed by atoms with E-state index < -0.39 is 11.6 Å². The quantitative estimate of drug-likeness (QED) is 0.874. The monoisotopic (exact) mass is 309 g/mol. The zero-order valence-corrected chi connectivity index (χ0v) is 13.4. The summed E-state index contributed by atoms with van der Waals surface area (Å²) in [5.74, 6) is -0.206. The van der Waals surface area contributed by atoms with Crippen LogP contribution in [0.15, 0.2) is 18.2 Å². The number of aliphatic hydroxyl groups is 1. The van der Waals surface area contributed by atoms with Gasteiger partial charge in [0.1, 0.15) is 6.07 Å².